The summed E-state index contributed by atoms with van der Waals surface area (Å²) >= 11 is 4.72. The molecule has 1 aromatic carbocycles. The van der Waals surface area contributed by atoms with Crippen molar-refractivity contribution in [1.82, 2.24) is 0 Å². The normalized spacial score (nSPS) is 12.9. The Labute approximate surface area is 110 Å². The Kier molecular flexibility index (Phi) is 3.99. The maximum absolute atomic E-state index is 11.6. The summed E-state index contributed by atoms with van der Waals surface area (Å²) in [6.45, 7) is 1.07. The van der Waals surface area contributed by atoms with E-state index >= 15 is 0 Å². The number of thiocarbonyl (C=S) groups is 1. The SMILES string of the molecule is NC(=S)CCC(=O)Nc1ccc2c(c1)OCCO2. The first-order chi connectivity index (χ1) is 8.65. The van der Waals surface area contributed by atoms with Crippen molar-refractivity contribution in [2.45, 2.75) is 12.8 Å². The number of carbonyl (C=O) groups is 1. The zero-order valence-electron chi connectivity index (χ0n) is 9.77. The second-order valence-electron chi connectivity index (χ2n) is 3.87. The number of anilines is 1. The molecule has 0 bridgehead atoms. The van der Waals surface area contributed by atoms with Gasteiger partial charge in [0.25, 0.3) is 0 Å². The molecule has 1 heterocycles. The van der Waals surface area contributed by atoms with Crippen LogP contribution >= 0.6 is 12.2 Å². The highest BCUT2D eigenvalue weighted by molar-refractivity contribution is 7.80. The monoisotopic (exact) mass is 266 g/mol. The Bertz CT molecular complexity index is 476. The molecule has 5 nitrogen and oxygen atoms in total. The maximum atomic E-state index is 11.6. The smallest absolute Gasteiger partial charge is 0.224 e. The number of amides is 1. The van der Waals surface area contributed by atoms with Crippen LogP contribution < -0.4 is 20.5 Å². The molecule has 18 heavy (non-hydrogen) atoms. The second-order valence-corrected chi connectivity index (χ2v) is 4.40. The number of fused-ring (bicyclic) bond motifs is 1. The molecule has 1 aromatic rings. The number of carbonyl (C=O) groups excluding carboxylic acids is 1. The van der Waals surface area contributed by atoms with Crippen LogP contribution in [-0.2, 0) is 4.79 Å². The summed E-state index contributed by atoms with van der Waals surface area (Å²) < 4.78 is 10.8. The van der Waals surface area contributed by atoms with Gasteiger partial charge in [-0.05, 0) is 12.1 Å². The lowest BCUT2D eigenvalue weighted by atomic mass is 10.2. The molecule has 0 atom stereocenters. The third-order valence-corrected chi connectivity index (χ3v) is 2.63. The van der Waals surface area contributed by atoms with E-state index in [9.17, 15) is 4.79 Å². The van der Waals surface area contributed by atoms with Crippen molar-refractivity contribution in [2.75, 3.05) is 18.5 Å². The first kappa shape index (κ1) is 12.6. The van der Waals surface area contributed by atoms with E-state index in [0.717, 1.165) is 0 Å². The molecule has 0 fully saturated rings. The summed E-state index contributed by atoms with van der Waals surface area (Å²) in [4.78, 5) is 11.9. The third-order valence-electron chi connectivity index (χ3n) is 2.42. The highest BCUT2D eigenvalue weighted by Crippen LogP contribution is 2.32. The molecule has 0 saturated carbocycles. The van der Waals surface area contributed by atoms with Crippen molar-refractivity contribution >= 4 is 28.8 Å². The van der Waals surface area contributed by atoms with E-state index in [0.29, 0.717) is 41.8 Å². The summed E-state index contributed by atoms with van der Waals surface area (Å²) in [7, 11) is 0. The summed E-state index contributed by atoms with van der Waals surface area (Å²) in [6.07, 6.45) is 0.690. The average molecular weight is 266 g/mol. The van der Waals surface area contributed by atoms with E-state index in [1.54, 1.807) is 18.2 Å². The van der Waals surface area contributed by atoms with Crippen LogP contribution in [0.3, 0.4) is 0 Å². The third kappa shape index (κ3) is 3.33. The lowest BCUT2D eigenvalue weighted by Crippen LogP contribution is -2.17. The molecule has 0 aromatic heterocycles. The van der Waals surface area contributed by atoms with Crippen molar-refractivity contribution in [1.29, 1.82) is 0 Å². The quantitative estimate of drug-likeness (QED) is 0.807. The molecular weight excluding hydrogens is 252 g/mol. The minimum atomic E-state index is -0.125. The number of rotatable bonds is 4. The molecule has 3 N–H and O–H groups in total. The Morgan fingerprint density at radius 1 is 1.28 bits per heavy atom. The first-order valence-corrected chi connectivity index (χ1v) is 6.04. The zero-order valence-corrected chi connectivity index (χ0v) is 10.6. The van der Waals surface area contributed by atoms with E-state index < -0.39 is 0 Å². The largest absolute Gasteiger partial charge is 0.486 e. The molecular formula is C12H14N2O3S. The Hall–Kier alpha value is -1.82. The molecule has 6 heteroatoms. The molecule has 0 unspecified atom stereocenters. The fraction of sp³-hybridized carbons (Fsp3) is 0.333. The van der Waals surface area contributed by atoms with Crippen molar-refractivity contribution in [3.8, 4) is 11.5 Å². The van der Waals surface area contributed by atoms with E-state index in [4.69, 9.17) is 27.4 Å². The van der Waals surface area contributed by atoms with E-state index in [-0.39, 0.29) is 12.3 Å². The van der Waals surface area contributed by atoms with Crippen molar-refractivity contribution in [3.05, 3.63) is 18.2 Å². The number of ether oxygens (including phenoxy) is 2. The van der Waals surface area contributed by atoms with Gasteiger partial charge in [-0.1, -0.05) is 12.2 Å². The predicted octanol–water partition coefficient (Wildman–Crippen LogP) is 1.46. The fourth-order valence-corrected chi connectivity index (χ4v) is 1.68. The minimum Gasteiger partial charge on any atom is -0.486 e. The minimum absolute atomic E-state index is 0.125. The molecule has 96 valence electrons. The lowest BCUT2D eigenvalue weighted by molar-refractivity contribution is -0.116. The van der Waals surface area contributed by atoms with Gasteiger partial charge < -0.3 is 20.5 Å². The van der Waals surface area contributed by atoms with E-state index in [1.807, 2.05) is 0 Å². The number of nitrogens with one attached hydrogen (secondary N) is 1. The summed E-state index contributed by atoms with van der Waals surface area (Å²) in [6, 6.07) is 5.29. The van der Waals surface area contributed by atoms with Crippen molar-refractivity contribution < 1.29 is 14.3 Å². The van der Waals surface area contributed by atoms with Gasteiger partial charge in [0.2, 0.25) is 5.91 Å². The summed E-state index contributed by atoms with van der Waals surface area (Å²) in [5.74, 6) is 1.22. The molecule has 2 rings (SSSR count). The number of nitrogens with two attached hydrogens (primary N) is 1. The average Bonchev–Trinajstić information content (AvgIpc) is 2.36. The van der Waals surface area contributed by atoms with Crippen LogP contribution in [0.1, 0.15) is 12.8 Å². The van der Waals surface area contributed by atoms with Gasteiger partial charge >= 0.3 is 0 Å². The van der Waals surface area contributed by atoms with Gasteiger partial charge in [0.05, 0.1) is 4.99 Å². The molecule has 0 saturated heterocycles. The van der Waals surface area contributed by atoms with E-state index in [2.05, 4.69) is 5.32 Å². The molecule has 0 aliphatic carbocycles. The van der Waals surface area contributed by atoms with Gasteiger partial charge in [-0.15, -0.1) is 0 Å². The zero-order chi connectivity index (χ0) is 13.0. The fourth-order valence-electron chi connectivity index (χ4n) is 1.58. The Morgan fingerprint density at radius 3 is 2.72 bits per heavy atom. The maximum Gasteiger partial charge on any atom is 0.224 e. The second kappa shape index (κ2) is 5.68. The van der Waals surface area contributed by atoms with Crippen LogP contribution in [0.15, 0.2) is 18.2 Å². The van der Waals surface area contributed by atoms with Gasteiger partial charge in [-0.25, -0.2) is 0 Å². The highest BCUT2D eigenvalue weighted by atomic mass is 32.1. The first-order valence-electron chi connectivity index (χ1n) is 5.63. The molecule has 0 radical (unpaired) electrons. The van der Waals surface area contributed by atoms with Crippen LogP contribution in [-0.4, -0.2) is 24.1 Å². The van der Waals surface area contributed by atoms with Crippen molar-refractivity contribution in [3.63, 3.8) is 0 Å². The number of hydrogen-bond donors (Lipinski definition) is 2. The lowest BCUT2D eigenvalue weighted by Gasteiger charge is -2.19. The van der Waals surface area contributed by atoms with Gasteiger partial charge in [0.15, 0.2) is 11.5 Å². The Morgan fingerprint density at radius 2 is 2.00 bits per heavy atom. The molecule has 1 aliphatic rings. The summed E-state index contributed by atoms with van der Waals surface area (Å²) in [5.41, 5.74) is 6.01. The standard InChI is InChI=1S/C12H14N2O3S/c13-11(18)3-4-12(15)14-8-1-2-9-10(7-8)17-6-5-16-9/h1-2,7H,3-6H2,(H2,13,18)(H,14,15). The Balaban J connectivity index is 1.97. The van der Waals surface area contributed by atoms with Gasteiger partial charge in [-0.2, -0.15) is 0 Å². The van der Waals surface area contributed by atoms with E-state index in [1.165, 1.54) is 0 Å². The van der Waals surface area contributed by atoms with Crippen LogP contribution in [0.2, 0.25) is 0 Å². The molecule has 0 spiro atoms. The topological polar surface area (TPSA) is 73.6 Å². The van der Waals surface area contributed by atoms with Gasteiger partial charge in [0.1, 0.15) is 13.2 Å². The van der Waals surface area contributed by atoms with Crippen LogP contribution in [0.25, 0.3) is 0 Å². The van der Waals surface area contributed by atoms with Crippen LogP contribution in [0.5, 0.6) is 11.5 Å². The number of benzene rings is 1. The molecule has 1 amide bonds. The highest BCUT2D eigenvalue weighted by Gasteiger charge is 2.12. The summed E-state index contributed by atoms with van der Waals surface area (Å²) in [5, 5.41) is 2.76. The number of hydrogen-bond acceptors (Lipinski definition) is 4. The van der Waals surface area contributed by atoms with Gasteiger partial charge in [-0.3, -0.25) is 4.79 Å². The van der Waals surface area contributed by atoms with Crippen LogP contribution in [0, 0.1) is 0 Å². The molecule has 1 aliphatic heterocycles. The van der Waals surface area contributed by atoms with Gasteiger partial charge in [0, 0.05) is 24.6 Å². The predicted molar refractivity (Wildman–Crippen MR) is 72.1 cm³/mol. The van der Waals surface area contributed by atoms with Crippen molar-refractivity contribution in [2.24, 2.45) is 5.73 Å². The van der Waals surface area contributed by atoms with Crippen LogP contribution in [0.4, 0.5) is 5.69 Å².